The second-order valence-electron chi connectivity index (χ2n) is 3.21. The summed E-state index contributed by atoms with van der Waals surface area (Å²) in [6.45, 7) is 0. The maximum Gasteiger partial charge on any atom is 0.446 e. The van der Waals surface area contributed by atoms with Crippen molar-refractivity contribution in [1.82, 2.24) is 4.57 Å². The van der Waals surface area contributed by atoms with Crippen LogP contribution in [0.1, 0.15) is 0 Å². The van der Waals surface area contributed by atoms with Gasteiger partial charge in [0.1, 0.15) is 5.75 Å². The van der Waals surface area contributed by atoms with E-state index in [1.165, 1.54) is 23.5 Å². The third-order valence-corrected chi connectivity index (χ3v) is 3.60. The van der Waals surface area contributed by atoms with Crippen LogP contribution in [0.5, 0.6) is 5.75 Å². The minimum atomic E-state index is -4.51. The second-order valence-corrected chi connectivity index (χ2v) is 5.24. The fraction of sp³-hybridized carbons (Fsp3) is 0.125. The van der Waals surface area contributed by atoms with Gasteiger partial charge in [0, 0.05) is 13.1 Å². The first kappa shape index (κ1) is 11.9. The number of nitrogens with zero attached hydrogens (tertiary/aromatic N) is 2. The van der Waals surface area contributed by atoms with Gasteiger partial charge >= 0.3 is 10.4 Å². The molecule has 0 radical (unpaired) electrons. The van der Waals surface area contributed by atoms with E-state index in [0.29, 0.717) is 4.80 Å². The van der Waals surface area contributed by atoms with E-state index in [9.17, 15) is 8.42 Å². The summed E-state index contributed by atoms with van der Waals surface area (Å²) in [4.78, 5) is 0.587. The van der Waals surface area contributed by atoms with Gasteiger partial charge in [-0.05, 0) is 12.1 Å². The largest absolute Gasteiger partial charge is 0.446 e. The predicted octanol–water partition coefficient (Wildman–Crippen LogP) is 0.196. The first-order valence-corrected chi connectivity index (χ1v) is 6.59. The van der Waals surface area contributed by atoms with Gasteiger partial charge in [-0.3, -0.25) is 4.55 Å². The smallest absolute Gasteiger partial charge is 0.362 e. The van der Waals surface area contributed by atoms with Crippen molar-refractivity contribution >= 4 is 32.0 Å². The third kappa shape index (κ3) is 2.40. The van der Waals surface area contributed by atoms with E-state index < -0.39 is 10.4 Å². The van der Waals surface area contributed by atoms with E-state index in [1.54, 1.807) is 17.7 Å². The maximum atomic E-state index is 10.6. The molecule has 0 spiro atoms. The monoisotopic (exact) mass is 275 g/mol. The van der Waals surface area contributed by atoms with E-state index in [1.807, 2.05) is 0 Å². The van der Waals surface area contributed by atoms with Crippen molar-refractivity contribution in [3.63, 3.8) is 0 Å². The summed E-state index contributed by atoms with van der Waals surface area (Å²) in [5, 5.41) is 3.58. The van der Waals surface area contributed by atoms with Crippen molar-refractivity contribution < 1.29 is 17.2 Å². The standard InChI is InChI=1S/C8H9N3O4S2/c1-11-6-3-2-5(15-17(12,13)14)4-7(6)16-8(11)10-9/h2-4H,9H2,1H3,(H,12,13,14). The van der Waals surface area contributed by atoms with E-state index in [2.05, 4.69) is 9.28 Å². The number of rotatable bonds is 2. The molecule has 0 aliphatic heterocycles. The first-order valence-electron chi connectivity index (χ1n) is 4.41. The number of fused-ring (bicyclic) bond motifs is 1. The van der Waals surface area contributed by atoms with E-state index >= 15 is 0 Å². The molecule has 0 saturated carbocycles. The van der Waals surface area contributed by atoms with Crippen LogP contribution < -0.4 is 14.8 Å². The van der Waals surface area contributed by atoms with Gasteiger partial charge in [-0.15, -0.1) is 0 Å². The Balaban J connectivity index is 2.59. The highest BCUT2D eigenvalue weighted by molar-refractivity contribution is 7.81. The van der Waals surface area contributed by atoms with Crippen LogP contribution in [0.15, 0.2) is 23.3 Å². The van der Waals surface area contributed by atoms with E-state index in [4.69, 9.17) is 10.4 Å². The zero-order valence-corrected chi connectivity index (χ0v) is 10.3. The lowest BCUT2D eigenvalue weighted by Crippen LogP contribution is -2.12. The summed E-state index contributed by atoms with van der Waals surface area (Å²) in [5.74, 6) is 5.23. The van der Waals surface area contributed by atoms with Crippen molar-refractivity contribution in [3.05, 3.63) is 23.0 Å². The fourth-order valence-electron chi connectivity index (χ4n) is 1.41. The van der Waals surface area contributed by atoms with Gasteiger partial charge in [-0.2, -0.15) is 13.5 Å². The van der Waals surface area contributed by atoms with Crippen LogP contribution in [0.2, 0.25) is 0 Å². The van der Waals surface area contributed by atoms with Crippen LogP contribution in [0.25, 0.3) is 10.2 Å². The van der Waals surface area contributed by atoms with Gasteiger partial charge < -0.3 is 14.6 Å². The number of thiazole rings is 1. The molecule has 0 fully saturated rings. The van der Waals surface area contributed by atoms with Crippen molar-refractivity contribution in [2.24, 2.45) is 18.0 Å². The molecule has 2 rings (SSSR count). The minimum absolute atomic E-state index is 0.0328. The Morgan fingerprint density at radius 3 is 2.82 bits per heavy atom. The molecule has 7 nitrogen and oxygen atoms in total. The Kier molecular flexibility index (Phi) is 2.81. The number of aromatic nitrogens is 1. The lowest BCUT2D eigenvalue weighted by atomic mass is 10.3. The van der Waals surface area contributed by atoms with Gasteiger partial charge in [0.25, 0.3) is 0 Å². The van der Waals surface area contributed by atoms with Gasteiger partial charge in [0.05, 0.1) is 10.2 Å². The normalized spacial score (nSPS) is 13.2. The highest BCUT2D eigenvalue weighted by Gasteiger charge is 2.09. The molecular weight excluding hydrogens is 266 g/mol. The fourth-order valence-corrected chi connectivity index (χ4v) is 2.73. The van der Waals surface area contributed by atoms with E-state index in [0.717, 1.165) is 10.2 Å². The summed E-state index contributed by atoms with van der Waals surface area (Å²) in [6, 6.07) is 4.58. The Bertz CT molecular complexity index is 729. The first-order chi connectivity index (χ1) is 7.90. The molecule has 2 aromatic rings. The maximum absolute atomic E-state index is 10.6. The van der Waals surface area contributed by atoms with Crippen LogP contribution in [0.4, 0.5) is 0 Å². The summed E-state index contributed by atoms with van der Waals surface area (Å²) >= 11 is 1.28. The van der Waals surface area contributed by atoms with Gasteiger partial charge in [-0.1, -0.05) is 11.3 Å². The second kappa shape index (κ2) is 4.02. The van der Waals surface area contributed by atoms with Crippen LogP contribution in [-0.2, 0) is 17.4 Å². The molecule has 1 aromatic heterocycles. The molecule has 1 heterocycles. The number of hydrogen-bond donors (Lipinski definition) is 2. The zero-order chi connectivity index (χ0) is 12.6. The molecule has 92 valence electrons. The molecule has 0 unspecified atom stereocenters. The molecule has 17 heavy (non-hydrogen) atoms. The molecule has 0 saturated heterocycles. The molecule has 9 heteroatoms. The summed E-state index contributed by atoms with van der Waals surface area (Å²) in [6.07, 6.45) is 0. The molecule has 3 N–H and O–H groups in total. The molecule has 0 aliphatic carbocycles. The lowest BCUT2D eigenvalue weighted by Gasteiger charge is -2.01. The molecule has 0 amide bonds. The van der Waals surface area contributed by atoms with Gasteiger partial charge in [0.2, 0.25) is 4.80 Å². The number of benzene rings is 1. The van der Waals surface area contributed by atoms with Crippen molar-refractivity contribution in [2.75, 3.05) is 0 Å². The van der Waals surface area contributed by atoms with E-state index in [-0.39, 0.29) is 5.75 Å². The highest BCUT2D eigenvalue weighted by atomic mass is 32.3. The Morgan fingerprint density at radius 2 is 2.24 bits per heavy atom. The summed E-state index contributed by atoms with van der Waals surface area (Å²) < 4.78 is 36.5. The lowest BCUT2D eigenvalue weighted by molar-refractivity contribution is 0.387. The molecule has 0 atom stereocenters. The Morgan fingerprint density at radius 1 is 1.53 bits per heavy atom. The number of hydrogen-bond acceptors (Lipinski definition) is 6. The molecular formula is C8H9N3O4S2. The topological polar surface area (TPSA) is 107 Å². The van der Waals surface area contributed by atoms with Crippen molar-refractivity contribution in [3.8, 4) is 5.75 Å². The molecule has 0 bridgehead atoms. The number of aryl methyl sites for hydroxylation is 1. The predicted molar refractivity (Wildman–Crippen MR) is 62.7 cm³/mol. The van der Waals surface area contributed by atoms with Gasteiger partial charge in [-0.25, -0.2) is 0 Å². The SMILES string of the molecule is Cn1c(=NN)sc2cc(OS(=O)(=O)O)ccc21. The zero-order valence-electron chi connectivity index (χ0n) is 8.69. The van der Waals surface area contributed by atoms with Crippen LogP contribution in [-0.4, -0.2) is 17.5 Å². The quantitative estimate of drug-likeness (QED) is 0.462. The summed E-state index contributed by atoms with van der Waals surface area (Å²) in [7, 11) is -2.72. The number of nitrogens with two attached hydrogens (primary N) is 1. The van der Waals surface area contributed by atoms with Crippen LogP contribution in [0, 0.1) is 0 Å². The Labute approximate surface area is 101 Å². The molecule has 1 aromatic carbocycles. The van der Waals surface area contributed by atoms with Crippen LogP contribution in [0.3, 0.4) is 0 Å². The van der Waals surface area contributed by atoms with Crippen molar-refractivity contribution in [1.29, 1.82) is 0 Å². The van der Waals surface area contributed by atoms with Crippen molar-refractivity contribution in [2.45, 2.75) is 0 Å². The van der Waals surface area contributed by atoms with Crippen LogP contribution >= 0.6 is 11.3 Å². The minimum Gasteiger partial charge on any atom is -0.362 e. The third-order valence-electron chi connectivity index (χ3n) is 2.09. The average Bonchev–Trinajstić information content (AvgIpc) is 2.52. The van der Waals surface area contributed by atoms with Gasteiger partial charge in [0.15, 0.2) is 0 Å². The summed E-state index contributed by atoms with van der Waals surface area (Å²) in [5.41, 5.74) is 0.835. The Hall–Kier alpha value is -1.58. The molecule has 0 aliphatic rings. The highest BCUT2D eigenvalue weighted by Crippen LogP contribution is 2.23. The average molecular weight is 275 g/mol.